The molecule has 12 heavy (non-hydrogen) atoms. The highest BCUT2D eigenvalue weighted by Crippen LogP contribution is 2.21. The van der Waals surface area contributed by atoms with Crippen molar-refractivity contribution in [1.29, 1.82) is 0 Å². The van der Waals surface area contributed by atoms with Gasteiger partial charge in [-0.25, -0.2) is 0 Å². The van der Waals surface area contributed by atoms with E-state index in [1.54, 1.807) is 0 Å². The summed E-state index contributed by atoms with van der Waals surface area (Å²) in [5, 5.41) is 13.1. The van der Waals surface area contributed by atoms with Crippen molar-refractivity contribution >= 4 is 11.8 Å². The zero-order valence-corrected chi connectivity index (χ0v) is 9.32. The molecule has 0 aliphatic carbocycles. The maximum atomic E-state index is 8.72. The fraction of sp³-hybridized carbons (Fsp3) is 1.00. The number of nitrogens with one attached hydrogen (secondary N) is 1. The summed E-state index contributed by atoms with van der Waals surface area (Å²) in [6, 6.07) is 0.538. The molecule has 0 aliphatic heterocycles. The van der Waals surface area contributed by atoms with Gasteiger partial charge in [0.05, 0.1) is 0 Å². The second-order valence-corrected chi connectivity index (χ2v) is 5.06. The van der Waals surface area contributed by atoms with Gasteiger partial charge in [0.2, 0.25) is 0 Å². The molecule has 0 amide bonds. The van der Waals surface area contributed by atoms with Crippen LogP contribution in [0, 0.1) is 0 Å². The molecule has 0 heterocycles. The van der Waals surface area contributed by atoms with Crippen LogP contribution in [0.15, 0.2) is 0 Å². The van der Waals surface area contributed by atoms with E-state index >= 15 is 0 Å². The van der Waals surface area contributed by atoms with Crippen molar-refractivity contribution in [3.05, 3.63) is 0 Å². The Balaban J connectivity index is 3.59. The smallest absolute Gasteiger partial charge is 0.0441 e. The lowest BCUT2D eigenvalue weighted by atomic mass is 10.3. The van der Waals surface area contributed by atoms with Gasteiger partial charge < -0.3 is 10.4 Å². The van der Waals surface area contributed by atoms with Gasteiger partial charge in [-0.3, -0.25) is 0 Å². The van der Waals surface area contributed by atoms with Crippen LogP contribution in [0.4, 0.5) is 0 Å². The summed E-state index contributed by atoms with van der Waals surface area (Å²) >= 11 is 1.93. The van der Waals surface area contributed by atoms with Gasteiger partial charge in [0, 0.05) is 23.1 Å². The van der Waals surface area contributed by atoms with Crippen LogP contribution in [-0.2, 0) is 0 Å². The van der Waals surface area contributed by atoms with Crippen molar-refractivity contribution in [1.82, 2.24) is 5.32 Å². The summed E-state index contributed by atoms with van der Waals surface area (Å²) in [6.07, 6.45) is 0.894. The van der Waals surface area contributed by atoms with E-state index in [1.807, 2.05) is 18.8 Å². The molecule has 0 aliphatic rings. The minimum absolute atomic E-state index is 0.300. The van der Waals surface area contributed by atoms with Crippen molar-refractivity contribution in [3.63, 3.8) is 0 Å². The molecule has 0 saturated heterocycles. The SMILES string of the molecule is CNC(C)C(C)SC(C)CCO. The summed E-state index contributed by atoms with van der Waals surface area (Å²) in [5.74, 6) is 0. The van der Waals surface area contributed by atoms with Gasteiger partial charge in [-0.05, 0) is 20.4 Å². The molecule has 74 valence electrons. The Morgan fingerprint density at radius 1 is 1.33 bits per heavy atom. The molecular formula is C9H21NOS. The summed E-state index contributed by atoms with van der Waals surface area (Å²) < 4.78 is 0. The Hall–Kier alpha value is 0.270. The molecule has 0 bridgehead atoms. The lowest BCUT2D eigenvalue weighted by molar-refractivity contribution is 0.288. The quantitative estimate of drug-likeness (QED) is 0.667. The third-order valence-corrected chi connectivity index (χ3v) is 3.68. The summed E-state index contributed by atoms with van der Waals surface area (Å²) in [6.45, 7) is 6.87. The predicted octanol–water partition coefficient (Wildman–Crippen LogP) is 1.49. The van der Waals surface area contributed by atoms with Crippen molar-refractivity contribution in [2.45, 2.75) is 43.7 Å². The van der Waals surface area contributed by atoms with Crippen LogP contribution in [0.5, 0.6) is 0 Å². The molecule has 0 radical (unpaired) electrons. The molecule has 3 atom stereocenters. The number of hydrogen-bond acceptors (Lipinski definition) is 3. The molecule has 2 nitrogen and oxygen atoms in total. The van der Waals surface area contributed by atoms with E-state index in [-0.39, 0.29) is 0 Å². The first kappa shape index (κ1) is 12.3. The Morgan fingerprint density at radius 3 is 2.33 bits per heavy atom. The fourth-order valence-electron chi connectivity index (χ4n) is 0.969. The third kappa shape index (κ3) is 5.01. The standard InChI is InChI=1S/C9H21NOS/c1-7(5-6-11)12-9(3)8(2)10-4/h7-11H,5-6H2,1-4H3. The highest BCUT2D eigenvalue weighted by Gasteiger charge is 2.13. The summed E-state index contributed by atoms with van der Waals surface area (Å²) in [5.41, 5.74) is 0. The van der Waals surface area contributed by atoms with Crippen LogP contribution >= 0.6 is 11.8 Å². The number of aliphatic hydroxyl groups excluding tert-OH is 1. The normalized spacial score (nSPS) is 18.8. The van der Waals surface area contributed by atoms with Gasteiger partial charge in [-0.15, -0.1) is 0 Å². The molecule has 0 aromatic carbocycles. The third-order valence-electron chi connectivity index (χ3n) is 2.14. The van der Waals surface area contributed by atoms with Crippen molar-refractivity contribution in [3.8, 4) is 0 Å². The Kier molecular flexibility index (Phi) is 6.90. The van der Waals surface area contributed by atoms with E-state index in [4.69, 9.17) is 5.11 Å². The average molecular weight is 191 g/mol. The maximum absolute atomic E-state index is 8.72. The van der Waals surface area contributed by atoms with Gasteiger partial charge in [0.1, 0.15) is 0 Å². The number of hydrogen-bond donors (Lipinski definition) is 2. The average Bonchev–Trinajstić information content (AvgIpc) is 2.03. The summed E-state index contributed by atoms with van der Waals surface area (Å²) in [7, 11) is 1.98. The van der Waals surface area contributed by atoms with Crippen LogP contribution in [0.2, 0.25) is 0 Å². The van der Waals surface area contributed by atoms with Crippen LogP contribution in [0.1, 0.15) is 27.2 Å². The predicted molar refractivity (Wildman–Crippen MR) is 56.7 cm³/mol. The topological polar surface area (TPSA) is 32.3 Å². The molecule has 0 aromatic heterocycles. The number of aliphatic hydroxyl groups is 1. The van der Waals surface area contributed by atoms with E-state index < -0.39 is 0 Å². The minimum atomic E-state index is 0.300. The molecule has 0 fully saturated rings. The molecule has 0 spiro atoms. The highest BCUT2D eigenvalue weighted by molar-refractivity contribution is 8.00. The Morgan fingerprint density at radius 2 is 1.92 bits per heavy atom. The monoisotopic (exact) mass is 191 g/mol. The van der Waals surface area contributed by atoms with E-state index in [1.165, 1.54) is 0 Å². The van der Waals surface area contributed by atoms with Gasteiger partial charge in [-0.2, -0.15) is 11.8 Å². The molecule has 0 aromatic rings. The Labute approximate surface area is 80.1 Å². The molecule has 3 unspecified atom stereocenters. The maximum Gasteiger partial charge on any atom is 0.0441 e. The largest absolute Gasteiger partial charge is 0.396 e. The molecule has 2 N–H and O–H groups in total. The van der Waals surface area contributed by atoms with Crippen LogP contribution < -0.4 is 5.32 Å². The van der Waals surface area contributed by atoms with Gasteiger partial charge >= 0.3 is 0 Å². The second kappa shape index (κ2) is 6.75. The van der Waals surface area contributed by atoms with E-state index in [0.29, 0.717) is 23.1 Å². The van der Waals surface area contributed by atoms with Crippen molar-refractivity contribution in [2.24, 2.45) is 0 Å². The van der Waals surface area contributed by atoms with Gasteiger partial charge in [0.15, 0.2) is 0 Å². The van der Waals surface area contributed by atoms with Gasteiger partial charge in [-0.1, -0.05) is 13.8 Å². The van der Waals surface area contributed by atoms with E-state index in [9.17, 15) is 0 Å². The minimum Gasteiger partial charge on any atom is -0.396 e. The van der Waals surface area contributed by atoms with E-state index in [0.717, 1.165) is 6.42 Å². The van der Waals surface area contributed by atoms with Crippen molar-refractivity contribution in [2.75, 3.05) is 13.7 Å². The highest BCUT2D eigenvalue weighted by atomic mass is 32.2. The Bertz CT molecular complexity index is 111. The molecule has 0 saturated carbocycles. The van der Waals surface area contributed by atoms with Crippen molar-refractivity contribution < 1.29 is 5.11 Å². The first-order valence-corrected chi connectivity index (χ1v) is 5.49. The zero-order chi connectivity index (χ0) is 9.56. The van der Waals surface area contributed by atoms with Crippen LogP contribution in [0.3, 0.4) is 0 Å². The zero-order valence-electron chi connectivity index (χ0n) is 8.50. The summed E-state index contributed by atoms with van der Waals surface area (Å²) in [4.78, 5) is 0. The number of rotatable bonds is 6. The number of thioether (sulfide) groups is 1. The lowest BCUT2D eigenvalue weighted by Gasteiger charge is -2.22. The van der Waals surface area contributed by atoms with Crippen LogP contribution in [0.25, 0.3) is 0 Å². The first-order chi connectivity index (χ1) is 5.61. The lowest BCUT2D eigenvalue weighted by Crippen LogP contribution is -2.31. The second-order valence-electron chi connectivity index (χ2n) is 3.24. The fourth-order valence-corrected chi connectivity index (χ4v) is 2.31. The van der Waals surface area contributed by atoms with Gasteiger partial charge in [0.25, 0.3) is 0 Å². The first-order valence-electron chi connectivity index (χ1n) is 4.55. The molecular weight excluding hydrogens is 170 g/mol. The van der Waals surface area contributed by atoms with Crippen LogP contribution in [-0.4, -0.2) is 35.3 Å². The van der Waals surface area contributed by atoms with E-state index in [2.05, 4.69) is 26.1 Å². The molecule has 3 heteroatoms. The molecule has 0 rings (SSSR count).